The molecule has 1 aliphatic rings. The molecule has 4 aromatic rings. The van der Waals surface area contributed by atoms with E-state index in [4.69, 9.17) is 0 Å². The van der Waals surface area contributed by atoms with Crippen LogP contribution in [0.2, 0.25) is 0 Å². The molecule has 4 aromatic heterocycles. The maximum absolute atomic E-state index is 13.1. The number of aliphatic hydroxyl groups is 1. The van der Waals surface area contributed by atoms with E-state index >= 15 is 0 Å². The van der Waals surface area contributed by atoms with Gasteiger partial charge in [0.1, 0.15) is 18.3 Å². The van der Waals surface area contributed by atoms with Gasteiger partial charge in [0.15, 0.2) is 5.82 Å². The van der Waals surface area contributed by atoms with Crippen LogP contribution in [0.3, 0.4) is 0 Å². The zero-order chi connectivity index (χ0) is 26.7. The molecule has 10 nitrogen and oxygen atoms in total. The predicted molar refractivity (Wildman–Crippen MR) is 136 cm³/mol. The van der Waals surface area contributed by atoms with E-state index < -0.39 is 18.8 Å². The zero-order valence-corrected chi connectivity index (χ0v) is 20.7. The summed E-state index contributed by atoms with van der Waals surface area (Å²) in [6, 6.07) is 5.08. The summed E-state index contributed by atoms with van der Waals surface area (Å²) >= 11 is 0. The Kier molecular flexibility index (Phi) is 7.27. The van der Waals surface area contributed by atoms with Crippen LogP contribution in [0.5, 0.6) is 0 Å². The number of anilines is 3. The molecule has 0 atom stereocenters. The molecule has 0 radical (unpaired) electrons. The van der Waals surface area contributed by atoms with Gasteiger partial charge < -0.3 is 15.7 Å². The molecule has 0 amide bonds. The van der Waals surface area contributed by atoms with Gasteiger partial charge in [0.05, 0.1) is 29.6 Å². The van der Waals surface area contributed by atoms with E-state index in [9.17, 15) is 18.3 Å². The fourth-order valence-corrected chi connectivity index (χ4v) is 4.43. The number of aromatic nitrogens is 7. The Bertz CT molecular complexity index is 1380. The Balaban J connectivity index is 1.41. The Morgan fingerprint density at radius 3 is 2.71 bits per heavy atom. The van der Waals surface area contributed by atoms with E-state index in [0.29, 0.717) is 57.5 Å². The van der Waals surface area contributed by atoms with E-state index in [1.807, 2.05) is 6.92 Å². The first-order valence-electron chi connectivity index (χ1n) is 12.3. The Morgan fingerprint density at radius 2 is 1.97 bits per heavy atom. The summed E-state index contributed by atoms with van der Waals surface area (Å²) in [5.41, 5.74) is 1.58. The third-order valence-electron chi connectivity index (χ3n) is 6.53. The van der Waals surface area contributed by atoms with Gasteiger partial charge >= 0.3 is 6.55 Å². The van der Waals surface area contributed by atoms with Gasteiger partial charge in [-0.25, -0.2) is 24.0 Å². The second-order valence-electron chi connectivity index (χ2n) is 9.56. The number of hydrogen-bond donors (Lipinski definition) is 3. The van der Waals surface area contributed by atoms with Crippen molar-refractivity contribution >= 4 is 17.3 Å². The van der Waals surface area contributed by atoms with E-state index in [1.54, 1.807) is 36.9 Å². The molecule has 0 bridgehead atoms. The lowest BCUT2D eigenvalue weighted by Gasteiger charge is -2.34. The number of hydrogen-bond acceptors (Lipinski definition) is 8. The molecule has 38 heavy (non-hydrogen) atoms. The highest BCUT2D eigenvalue weighted by Crippen LogP contribution is 2.34. The highest BCUT2D eigenvalue weighted by molar-refractivity contribution is 5.78. The Hall–Kier alpha value is -4.00. The second-order valence-corrected chi connectivity index (χ2v) is 9.56. The van der Waals surface area contributed by atoms with E-state index in [2.05, 4.69) is 35.8 Å². The monoisotopic (exact) mass is 527 g/mol. The lowest BCUT2D eigenvalue weighted by molar-refractivity contribution is 0.0196. The van der Waals surface area contributed by atoms with Crippen LogP contribution >= 0.6 is 0 Å². The van der Waals surface area contributed by atoms with Gasteiger partial charge in [-0.15, -0.1) is 0 Å². The van der Waals surface area contributed by atoms with Crippen molar-refractivity contribution in [3.8, 4) is 22.6 Å². The fourth-order valence-electron chi connectivity index (χ4n) is 4.43. The highest BCUT2D eigenvalue weighted by Gasteiger charge is 2.29. The predicted octanol–water partition coefficient (Wildman–Crippen LogP) is 4.81. The van der Waals surface area contributed by atoms with Crippen LogP contribution in [0.4, 0.5) is 30.5 Å². The van der Waals surface area contributed by atoms with E-state index in [-0.39, 0.29) is 12.6 Å². The number of nitrogens with one attached hydrogen (secondary N) is 2. The van der Waals surface area contributed by atoms with Gasteiger partial charge in [-0.1, -0.05) is 0 Å². The molecule has 3 N–H and O–H groups in total. The van der Waals surface area contributed by atoms with Gasteiger partial charge in [-0.2, -0.15) is 19.0 Å². The molecule has 1 fully saturated rings. The summed E-state index contributed by atoms with van der Waals surface area (Å²) in [6.07, 6.45) is 10.5. The molecule has 5 rings (SSSR count). The molecule has 13 heteroatoms. The SMILES string of the molecule is CC1(O)CCC(Nc2cc(Nc3ccnc(-c4cnn(CCF)c4)n3)ncc2-c2ccn(C(F)F)n2)CC1. The van der Waals surface area contributed by atoms with Crippen molar-refractivity contribution < 1.29 is 18.3 Å². The molecule has 4 heterocycles. The van der Waals surface area contributed by atoms with Crippen molar-refractivity contribution in [3.63, 3.8) is 0 Å². The Labute approximate surface area is 217 Å². The highest BCUT2D eigenvalue weighted by atomic mass is 19.3. The first kappa shape index (κ1) is 25.6. The minimum Gasteiger partial charge on any atom is -0.390 e. The third kappa shape index (κ3) is 5.93. The minimum absolute atomic E-state index is 0.0907. The number of halogens is 3. The van der Waals surface area contributed by atoms with E-state index in [0.717, 1.165) is 12.8 Å². The standard InChI is InChI=1S/C25H28F3N9O/c1-25(38)6-2-17(3-7-25)32-20-12-22(30-14-18(20)19-5-10-37(35-19)24(27)28)33-21-4-9-29-23(34-21)16-13-31-36(15-16)11-8-26/h4-5,9-10,12-15,17,24,38H,2-3,6-8,11H2,1H3,(H2,29,30,32,33,34). The lowest BCUT2D eigenvalue weighted by Crippen LogP contribution is -2.35. The maximum atomic E-state index is 13.1. The summed E-state index contributed by atoms with van der Waals surface area (Å²) in [7, 11) is 0. The van der Waals surface area contributed by atoms with Crippen LogP contribution in [0.15, 0.2) is 49.2 Å². The molecule has 0 unspecified atom stereocenters. The summed E-state index contributed by atoms with van der Waals surface area (Å²) in [6.45, 7) is -1.28. The normalized spacial score (nSPS) is 19.6. The summed E-state index contributed by atoms with van der Waals surface area (Å²) in [5, 5.41) is 25.1. The van der Waals surface area contributed by atoms with E-state index in [1.165, 1.54) is 16.9 Å². The average Bonchev–Trinajstić information content (AvgIpc) is 3.57. The summed E-state index contributed by atoms with van der Waals surface area (Å²) in [4.78, 5) is 13.3. The maximum Gasteiger partial charge on any atom is 0.333 e. The average molecular weight is 528 g/mol. The molecule has 0 spiro atoms. The lowest BCUT2D eigenvalue weighted by atomic mass is 9.83. The quantitative estimate of drug-likeness (QED) is 0.284. The van der Waals surface area contributed by atoms with Gasteiger partial charge in [0.2, 0.25) is 0 Å². The van der Waals surface area contributed by atoms with Crippen LogP contribution in [0.25, 0.3) is 22.6 Å². The van der Waals surface area contributed by atoms with Crippen LogP contribution in [0.1, 0.15) is 39.2 Å². The van der Waals surface area contributed by atoms with Gasteiger partial charge in [0, 0.05) is 48.1 Å². The van der Waals surface area contributed by atoms with Gasteiger partial charge in [-0.3, -0.25) is 4.68 Å². The number of nitrogens with zero attached hydrogens (tertiary/aromatic N) is 7. The van der Waals surface area contributed by atoms with Crippen molar-refractivity contribution in [2.24, 2.45) is 0 Å². The summed E-state index contributed by atoms with van der Waals surface area (Å²) < 4.78 is 41.0. The van der Waals surface area contributed by atoms with Crippen molar-refractivity contribution in [1.82, 2.24) is 34.5 Å². The van der Waals surface area contributed by atoms with Crippen LogP contribution in [-0.2, 0) is 6.54 Å². The number of rotatable bonds is 9. The molecule has 0 aliphatic heterocycles. The van der Waals surface area contributed by atoms with Gasteiger partial charge in [0.25, 0.3) is 0 Å². The van der Waals surface area contributed by atoms with Crippen molar-refractivity contribution in [3.05, 3.63) is 49.2 Å². The number of alkyl halides is 3. The number of aryl methyl sites for hydroxylation is 1. The fraction of sp³-hybridized carbons (Fsp3) is 0.400. The molecular weight excluding hydrogens is 499 g/mol. The van der Waals surface area contributed by atoms with Gasteiger partial charge in [-0.05, 0) is 44.7 Å². The first-order valence-corrected chi connectivity index (χ1v) is 12.3. The topological polar surface area (TPSA) is 119 Å². The smallest absolute Gasteiger partial charge is 0.333 e. The van der Waals surface area contributed by atoms with Crippen LogP contribution in [0, 0.1) is 0 Å². The molecule has 200 valence electrons. The minimum atomic E-state index is -2.74. The van der Waals surface area contributed by atoms with Crippen LogP contribution < -0.4 is 10.6 Å². The molecule has 0 saturated heterocycles. The van der Waals surface area contributed by atoms with Crippen molar-refractivity contribution in [1.29, 1.82) is 0 Å². The zero-order valence-electron chi connectivity index (χ0n) is 20.7. The first-order chi connectivity index (χ1) is 18.3. The van der Waals surface area contributed by atoms with Crippen molar-refractivity contribution in [2.45, 2.75) is 57.3 Å². The largest absolute Gasteiger partial charge is 0.390 e. The number of pyridine rings is 1. The third-order valence-corrected chi connectivity index (χ3v) is 6.53. The molecule has 1 aliphatic carbocycles. The molecule has 1 saturated carbocycles. The van der Waals surface area contributed by atoms with Crippen molar-refractivity contribution in [2.75, 3.05) is 17.3 Å². The Morgan fingerprint density at radius 1 is 1.16 bits per heavy atom. The summed E-state index contributed by atoms with van der Waals surface area (Å²) in [5.74, 6) is 1.38. The van der Waals surface area contributed by atoms with Crippen LogP contribution in [-0.4, -0.2) is 57.9 Å². The molecule has 0 aromatic carbocycles. The second kappa shape index (κ2) is 10.8. The molecular formula is C25H28F3N9O.